The maximum Gasteiger partial charge on any atom is 0.234 e. The van der Waals surface area contributed by atoms with Gasteiger partial charge in [-0.1, -0.05) is 19.1 Å². The lowest BCUT2D eigenvalue weighted by Crippen LogP contribution is -2.35. The number of carbonyl (C=O) groups is 2. The van der Waals surface area contributed by atoms with Crippen molar-refractivity contribution in [3.05, 3.63) is 83.7 Å². The van der Waals surface area contributed by atoms with Gasteiger partial charge in [0.15, 0.2) is 9.84 Å². The van der Waals surface area contributed by atoms with Crippen molar-refractivity contribution in [2.45, 2.75) is 37.5 Å². The van der Waals surface area contributed by atoms with E-state index in [9.17, 15) is 26.8 Å². The Morgan fingerprint density at radius 3 is 2.26 bits per heavy atom. The van der Waals surface area contributed by atoms with E-state index in [4.69, 9.17) is 0 Å². The molecule has 0 unspecified atom stereocenters. The Morgan fingerprint density at radius 1 is 0.971 bits per heavy atom. The van der Waals surface area contributed by atoms with E-state index in [1.165, 1.54) is 18.3 Å². The summed E-state index contributed by atoms with van der Waals surface area (Å²) in [5.74, 6) is -2.33. The average Bonchev–Trinajstić information content (AvgIpc) is 2.82. The standard InChI is InChI=1S/C25H25F2N3O4S/c1-4-35(33,34)20-11-10-19(28-15-20)14-23(31)29-18-8-5-16(6-9-18)25(2,3)24(32)30-22-13-17(26)7-12-21(22)27/h5-13,15H,4,14H2,1-3H3,(H,29,31)(H,30,32). The molecule has 7 nitrogen and oxygen atoms in total. The second kappa shape index (κ2) is 10.3. The minimum atomic E-state index is -3.36. The molecule has 0 saturated carbocycles. The second-order valence-electron chi connectivity index (χ2n) is 8.39. The van der Waals surface area contributed by atoms with Gasteiger partial charge in [-0.15, -0.1) is 0 Å². The van der Waals surface area contributed by atoms with E-state index in [1.54, 1.807) is 45.0 Å². The number of nitrogens with one attached hydrogen (secondary N) is 2. The number of pyridine rings is 1. The molecular weight excluding hydrogens is 476 g/mol. The molecule has 0 fully saturated rings. The first kappa shape index (κ1) is 26.0. The van der Waals surface area contributed by atoms with E-state index in [0.29, 0.717) is 16.9 Å². The van der Waals surface area contributed by atoms with Crippen LogP contribution in [0.3, 0.4) is 0 Å². The summed E-state index contributed by atoms with van der Waals surface area (Å²) < 4.78 is 51.0. The summed E-state index contributed by atoms with van der Waals surface area (Å²) in [6, 6.07) is 12.3. The van der Waals surface area contributed by atoms with Crippen molar-refractivity contribution < 1.29 is 26.8 Å². The van der Waals surface area contributed by atoms with Crippen LogP contribution in [0.25, 0.3) is 0 Å². The van der Waals surface area contributed by atoms with Crippen LogP contribution in [-0.4, -0.2) is 31.0 Å². The van der Waals surface area contributed by atoms with Crippen molar-refractivity contribution >= 4 is 33.0 Å². The molecule has 2 aromatic carbocycles. The van der Waals surface area contributed by atoms with E-state index in [0.717, 1.165) is 18.2 Å². The van der Waals surface area contributed by atoms with Gasteiger partial charge in [0.2, 0.25) is 11.8 Å². The molecule has 0 aliphatic rings. The van der Waals surface area contributed by atoms with Gasteiger partial charge in [-0.05, 0) is 55.8 Å². The first-order valence-corrected chi connectivity index (χ1v) is 12.4. The zero-order valence-corrected chi connectivity index (χ0v) is 20.2. The first-order valence-electron chi connectivity index (χ1n) is 10.8. The third-order valence-corrected chi connectivity index (χ3v) is 7.23. The highest BCUT2D eigenvalue weighted by Crippen LogP contribution is 2.27. The zero-order chi connectivity index (χ0) is 25.8. The lowest BCUT2D eigenvalue weighted by molar-refractivity contribution is -0.120. The average molecular weight is 502 g/mol. The Balaban J connectivity index is 1.64. The molecule has 0 bridgehead atoms. The van der Waals surface area contributed by atoms with Crippen LogP contribution in [0, 0.1) is 11.6 Å². The number of hydrogen-bond acceptors (Lipinski definition) is 5. The van der Waals surface area contributed by atoms with Gasteiger partial charge in [-0.2, -0.15) is 0 Å². The fraction of sp³-hybridized carbons (Fsp3) is 0.240. The van der Waals surface area contributed by atoms with Crippen molar-refractivity contribution in [2.24, 2.45) is 0 Å². The molecule has 3 aromatic rings. The van der Waals surface area contributed by atoms with Crippen LogP contribution in [0.1, 0.15) is 32.0 Å². The summed E-state index contributed by atoms with van der Waals surface area (Å²) in [6.07, 6.45) is 1.18. The van der Waals surface area contributed by atoms with Gasteiger partial charge in [0, 0.05) is 23.6 Å². The zero-order valence-electron chi connectivity index (χ0n) is 19.4. The van der Waals surface area contributed by atoms with Gasteiger partial charge in [0.1, 0.15) is 11.6 Å². The van der Waals surface area contributed by atoms with Crippen LogP contribution < -0.4 is 10.6 Å². The number of amides is 2. The van der Waals surface area contributed by atoms with E-state index >= 15 is 0 Å². The molecular formula is C25H25F2N3O4S. The molecule has 2 amide bonds. The van der Waals surface area contributed by atoms with Gasteiger partial charge >= 0.3 is 0 Å². The van der Waals surface area contributed by atoms with Gasteiger partial charge in [-0.25, -0.2) is 17.2 Å². The van der Waals surface area contributed by atoms with Gasteiger partial charge in [-0.3, -0.25) is 14.6 Å². The van der Waals surface area contributed by atoms with Gasteiger partial charge in [0.25, 0.3) is 0 Å². The van der Waals surface area contributed by atoms with Crippen molar-refractivity contribution in [3.63, 3.8) is 0 Å². The lowest BCUT2D eigenvalue weighted by atomic mass is 9.83. The van der Waals surface area contributed by atoms with Gasteiger partial charge < -0.3 is 10.6 Å². The molecule has 184 valence electrons. The molecule has 3 rings (SSSR count). The lowest BCUT2D eigenvalue weighted by Gasteiger charge is -2.24. The Hall–Kier alpha value is -3.66. The molecule has 0 atom stereocenters. The van der Waals surface area contributed by atoms with Crippen molar-refractivity contribution in [1.29, 1.82) is 0 Å². The molecule has 1 aromatic heterocycles. The Morgan fingerprint density at radius 2 is 1.66 bits per heavy atom. The minimum absolute atomic E-state index is 0.0370. The van der Waals surface area contributed by atoms with Crippen LogP contribution in [-0.2, 0) is 31.3 Å². The molecule has 0 aliphatic carbocycles. The van der Waals surface area contributed by atoms with Gasteiger partial charge in [0.05, 0.1) is 28.2 Å². The number of nitrogens with zero attached hydrogens (tertiary/aromatic N) is 1. The van der Waals surface area contributed by atoms with E-state index in [-0.39, 0.29) is 28.7 Å². The molecule has 10 heteroatoms. The highest BCUT2D eigenvalue weighted by Gasteiger charge is 2.30. The normalized spacial score (nSPS) is 11.7. The Labute approximate surface area is 202 Å². The number of anilines is 2. The summed E-state index contributed by atoms with van der Waals surface area (Å²) >= 11 is 0. The highest BCUT2D eigenvalue weighted by molar-refractivity contribution is 7.91. The summed E-state index contributed by atoms with van der Waals surface area (Å²) in [5.41, 5.74) is 0.166. The fourth-order valence-corrected chi connectivity index (χ4v) is 4.03. The number of sulfone groups is 1. The number of benzene rings is 2. The molecule has 0 radical (unpaired) electrons. The SMILES string of the molecule is CCS(=O)(=O)c1ccc(CC(=O)Nc2ccc(C(C)(C)C(=O)Nc3cc(F)ccc3F)cc2)nc1. The predicted octanol–water partition coefficient (Wildman–Crippen LogP) is 4.25. The molecule has 35 heavy (non-hydrogen) atoms. The van der Waals surface area contributed by atoms with Crippen molar-refractivity contribution in [3.8, 4) is 0 Å². The predicted molar refractivity (Wildman–Crippen MR) is 129 cm³/mol. The van der Waals surface area contributed by atoms with Crippen LogP contribution in [0.5, 0.6) is 0 Å². The maximum absolute atomic E-state index is 13.9. The summed E-state index contributed by atoms with van der Waals surface area (Å²) in [6.45, 7) is 4.82. The first-order chi connectivity index (χ1) is 16.4. The van der Waals surface area contributed by atoms with Crippen molar-refractivity contribution in [1.82, 2.24) is 4.98 Å². The van der Waals surface area contributed by atoms with Crippen molar-refractivity contribution in [2.75, 3.05) is 16.4 Å². The molecule has 0 aliphatic heterocycles. The number of halogens is 2. The van der Waals surface area contributed by atoms with Crippen LogP contribution in [0.15, 0.2) is 65.7 Å². The maximum atomic E-state index is 13.9. The number of carbonyl (C=O) groups excluding carboxylic acids is 2. The minimum Gasteiger partial charge on any atom is -0.326 e. The Bertz CT molecular complexity index is 1340. The van der Waals surface area contributed by atoms with E-state index < -0.39 is 32.8 Å². The van der Waals surface area contributed by atoms with Crippen LogP contribution >= 0.6 is 0 Å². The summed E-state index contributed by atoms with van der Waals surface area (Å²) in [7, 11) is -3.36. The smallest absolute Gasteiger partial charge is 0.234 e. The van der Waals surface area contributed by atoms with E-state index in [1.807, 2.05) is 0 Å². The number of hydrogen-bond donors (Lipinski definition) is 2. The second-order valence-corrected chi connectivity index (χ2v) is 10.7. The highest BCUT2D eigenvalue weighted by atomic mass is 32.2. The third kappa shape index (κ3) is 6.27. The third-order valence-electron chi connectivity index (χ3n) is 5.51. The van der Waals surface area contributed by atoms with Crippen LogP contribution in [0.4, 0.5) is 20.2 Å². The number of aromatic nitrogens is 1. The topological polar surface area (TPSA) is 105 Å². The fourth-order valence-electron chi connectivity index (χ4n) is 3.21. The summed E-state index contributed by atoms with van der Waals surface area (Å²) in [5, 5.41) is 5.13. The quantitative estimate of drug-likeness (QED) is 0.480. The number of rotatable bonds is 8. The van der Waals surface area contributed by atoms with Crippen LogP contribution in [0.2, 0.25) is 0 Å². The molecule has 0 saturated heterocycles. The monoisotopic (exact) mass is 501 g/mol. The Kier molecular flexibility index (Phi) is 7.64. The molecule has 1 heterocycles. The molecule has 0 spiro atoms. The largest absolute Gasteiger partial charge is 0.326 e. The molecule has 2 N–H and O–H groups in total. The summed E-state index contributed by atoms with van der Waals surface area (Å²) in [4.78, 5) is 29.3. The van der Waals surface area contributed by atoms with E-state index in [2.05, 4.69) is 15.6 Å².